The van der Waals surface area contributed by atoms with Crippen molar-refractivity contribution in [3.05, 3.63) is 53.6 Å². The predicted molar refractivity (Wildman–Crippen MR) is 143 cm³/mol. The highest BCUT2D eigenvalue weighted by atomic mass is 32.2. The number of nitrogens with zero attached hydrogens (tertiary/aromatic N) is 3. The van der Waals surface area contributed by atoms with Crippen LogP contribution in [0.5, 0.6) is 11.5 Å². The number of anilines is 1. The van der Waals surface area contributed by atoms with Gasteiger partial charge in [0.2, 0.25) is 0 Å². The number of amides is 2. The third kappa shape index (κ3) is 7.63. The van der Waals surface area contributed by atoms with Crippen molar-refractivity contribution in [3.63, 3.8) is 0 Å². The Morgan fingerprint density at radius 2 is 1.86 bits per heavy atom. The van der Waals surface area contributed by atoms with Crippen molar-refractivity contribution in [2.45, 2.75) is 27.3 Å². The van der Waals surface area contributed by atoms with E-state index in [1.807, 2.05) is 37.3 Å². The molecule has 1 N–H and O–H groups in total. The molecule has 3 rings (SSSR count). The first-order chi connectivity index (χ1) is 17.5. The topological polar surface area (TPSA) is 92.7 Å². The number of carbonyl (C=O) groups excluding carboxylic acids is 2. The number of methoxy groups -OCH3 is 1. The molecule has 2 aromatic carbocycles. The van der Waals surface area contributed by atoms with Crippen LogP contribution in [-0.4, -0.2) is 72.7 Å². The first-order valence-electron chi connectivity index (χ1n) is 12.0. The Bertz CT molecular complexity index is 1060. The van der Waals surface area contributed by atoms with E-state index >= 15 is 0 Å². The van der Waals surface area contributed by atoms with Gasteiger partial charge < -0.3 is 19.1 Å². The smallest absolute Gasteiger partial charge is 0.411 e. The number of likely N-dealkylation sites (N-methyl/N-ethyl adjacent to an activating group) is 1. The molecule has 194 valence electrons. The average molecular weight is 515 g/mol. The fraction of sp³-hybridized carbons (Fsp3) is 0.423. The maximum Gasteiger partial charge on any atom is 0.411 e. The summed E-state index contributed by atoms with van der Waals surface area (Å²) < 4.78 is 16.3. The minimum atomic E-state index is -0.488. The van der Waals surface area contributed by atoms with Crippen LogP contribution in [0.1, 0.15) is 31.9 Å². The van der Waals surface area contributed by atoms with Gasteiger partial charge in [-0.05, 0) is 55.9 Å². The quantitative estimate of drug-likeness (QED) is 0.423. The first-order valence-corrected chi connectivity index (χ1v) is 13.0. The summed E-state index contributed by atoms with van der Waals surface area (Å²) in [6, 6.07) is 12.9. The molecular weight excluding hydrogens is 480 g/mol. The zero-order valence-corrected chi connectivity index (χ0v) is 22.1. The zero-order chi connectivity index (χ0) is 25.9. The molecule has 0 radical (unpaired) electrons. The number of nitrogens with one attached hydrogen (secondary N) is 1. The van der Waals surface area contributed by atoms with E-state index in [0.29, 0.717) is 49.2 Å². The molecule has 0 unspecified atom stereocenters. The van der Waals surface area contributed by atoms with Crippen LogP contribution in [0.25, 0.3) is 0 Å². The van der Waals surface area contributed by atoms with Gasteiger partial charge in [-0.2, -0.15) is 5.10 Å². The highest BCUT2D eigenvalue weighted by molar-refractivity contribution is 8.14. The zero-order valence-electron chi connectivity index (χ0n) is 21.3. The molecule has 36 heavy (non-hydrogen) atoms. The number of carbonyl (C=O) groups is 2. The number of benzene rings is 2. The van der Waals surface area contributed by atoms with Crippen LogP contribution in [0.4, 0.5) is 15.3 Å². The fourth-order valence-electron chi connectivity index (χ4n) is 3.61. The summed E-state index contributed by atoms with van der Waals surface area (Å²) in [5.41, 5.74) is 3.17. The lowest BCUT2D eigenvalue weighted by atomic mass is 10.1. The largest absolute Gasteiger partial charge is 0.493 e. The van der Waals surface area contributed by atoms with Crippen LogP contribution in [0.15, 0.2) is 47.6 Å². The van der Waals surface area contributed by atoms with E-state index in [4.69, 9.17) is 14.2 Å². The van der Waals surface area contributed by atoms with Crippen molar-refractivity contribution in [1.29, 1.82) is 0 Å². The second-order valence-corrected chi connectivity index (χ2v) is 8.87. The Labute approximate surface area is 216 Å². The van der Waals surface area contributed by atoms with Crippen molar-refractivity contribution in [2.75, 3.05) is 51.0 Å². The van der Waals surface area contributed by atoms with Crippen molar-refractivity contribution >= 4 is 34.5 Å². The molecule has 2 amide bonds. The molecule has 0 fully saturated rings. The van der Waals surface area contributed by atoms with Crippen molar-refractivity contribution < 1.29 is 23.8 Å². The van der Waals surface area contributed by atoms with Gasteiger partial charge in [0.25, 0.3) is 0 Å². The van der Waals surface area contributed by atoms with Gasteiger partial charge in [-0.3, -0.25) is 10.1 Å². The lowest BCUT2D eigenvalue weighted by Crippen LogP contribution is -2.29. The van der Waals surface area contributed by atoms with Gasteiger partial charge in [0.1, 0.15) is 6.61 Å². The van der Waals surface area contributed by atoms with Crippen LogP contribution in [0, 0.1) is 0 Å². The van der Waals surface area contributed by atoms with Crippen molar-refractivity contribution in [1.82, 2.24) is 9.91 Å². The van der Waals surface area contributed by atoms with Gasteiger partial charge in [-0.15, -0.1) is 0 Å². The predicted octanol–water partition coefficient (Wildman–Crippen LogP) is 5.06. The molecule has 1 aliphatic heterocycles. The van der Waals surface area contributed by atoms with E-state index in [9.17, 15) is 9.59 Å². The van der Waals surface area contributed by atoms with Gasteiger partial charge in [0, 0.05) is 23.5 Å². The Kier molecular flexibility index (Phi) is 10.4. The van der Waals surface area contributed by atoms with Crippen LogP contribution in [-0.2, 0) is 11.3 Å². The maximum atomic E-state index is 12.5. The Morgan fingerprint density at radius 1 is 1.11 bits per heavy atom. The Balaban J connectivity index is 1.61. The second-order valence-electron chi connectivity index (χ2n) is 7.94. The monoisotopic (exact) mass is 514 g/mol. The standard InChI is InChI=1S/C26H34N4O5S/c1-5-29(6-2)14-15-35-25(31)27-21-11-8-19(9-12-21)17-30-26(32)36-18-22(28-30)20-10-13-23(33-4)24(16-20)34-7-3/h8-13,16H,5-7,14-15,17-18H2,1-4H3,(H,27,31). The summed E-state index contributed by atoms with van der Waals surface area (Å²) >= 11 is 1.21. The molecule has 0 saturated heterocycles. The molecule has 0 aliphatic carbocycles. The minimum Gasteiger partial charge on any atom is -0.493 e. The molecule has 10 heteroatoms. The molecular formula is C26H34N4O5S. The van der Waals surface area contributed by atoms with E-state index in [-0.39, 0.29) is 5.24 Å². The molecule has 9 nitrogen and oxygen atoms in total. The molecule has 2 aromatic rings. The van der Waals surface area contributed by atoms with E-state index in [2.05, 4.69) is 29.2 Å². The maximum absolute atomic E-state index is 12.5. The Morgan fingerprint density at radius 3 is 2.53 bits per heavy atom. The van der Waals surface area contributed by atoms with Crippen LogP contribution < -0.4 is 14.8 Å². The lowest BCUT2D eigenvalue weighted by molar-refractivity contribution is 0.142. The van der Waals surface area contributed by atoms with Crippen LogP contribution in [0.3, 0.4) is 0 Å². The highest BCUT2D eigenvalue weighted by Gasteiger charge is 2.23. The number of ether oxygens (including phenoxy) is 3. The third-order valence-corrected chi connectivity index (χ3v) is 6.52. The van der Waals surface area contributed by atoms with Gasteiger partial charge in [0.05, 0.1) is 26.0 Å². The summed E-state index contributed by atoms with van der Waals surface area (Å²) in [7, 11) is 1.60. The summed E-state index contributed by atoms with van der Waals surface area (Å²) in [5, 5.41) is 8.68. The van der Waals surface area contributed by atoms with Crippen molar-refractivity contribution in [2.24, 2.45) is 5.10 Å². The van der Waals surface area contributed by atoms with Gasteiger partial charge in [-0.1, -0.05) is 37.7 Å². The minimum absolute atomic E-state index is 0.115. The number of thioether (sulfide) groups is 1. The molecule has 0 aromatic heterocycles. The van der Waals surface area contributed by atoms with E-state index in [1.165, 1.54) is 16.8 Å². The van der Waals surface area contributed by atoms with E-state index in [1.54, 1.807) is 19.2 Å². The summed E-state index contributed by atoms with van der Waals surface area (Å²) in [6.45, 7) is 9.77. The summed E-state index contributed by atoms with van der Waals surface area (Å²) in [4.78, 5) is 26.7. The van der Waals surface area contributed by atoms with Gasteiger partial charge >= 0.3 is 11.3 Å². The van der Waals surface area contributed by atoms with Crippen molar-refractivity contribution in [3.8, 4) is 11.5 Å². The summed E-state index contributed by atoms with van der Waals surface area (Å²) in [5.74, 6) is 1.77. The Hall–Kier alpha value is -3.24. The second kappa shape index (κ2) is 13.7. The number of hydrogen-bond acceptors (Lipinski definition) is 8. The van der Waals surface area contributed by atoms with Crippen LogP contribution in [0.2, 0.25) is 0 Å². The average Bonchev–Trinajstić information content (AvgIpc) is 2.89. The summed E-state index contributed by atoms with van der Waals surface area (Å²) in [6.07, 6.45) is -0.488. The number of rotatable bonds is 12. The van der Waals surface area contributed by atoms with Gasteiger partial charge in [0.15, 0.2) is 11.5 Å². The molecule has 1 aliphatic rings. The first kappa shape index (κ1) is 27.3. The molecule has 0 spiro atoms. The molecule has 1 heterocycles. The fourth-order valence-corrected chi connectivity index (χ4v) is 4.35. The molecule has 0 saturated carbocycles. The highest BCUT2D eigenvalue weighted by Crippen LogP contribution is 2.30. The lowest BCUT2D eigenvalue weighted by Gasteiger charge is -2.23. The van der Waals surface area contributed by atoms with Gasteiger partial charge in [-0.25, -0.2) is 9.80 Å². The normalized spacial score (nSPS) is 13.4. The molecule has 0 bridgehead atoms. The van der Waals surface area contributed by atoms with E-state index < -0.39 is 6.09 Å². The number of hydrazone groups is 1. The number of hydrogen-bond donors (Lipinski definition) is 1. The van der Waals surface area contributed by atoms with E-state index in [0.717, 1.165) is 29.9 Å². The molecule has 0 atom stereocenters. The SMILES string of the molecule is CCOc1cc(C2=NN(Cc3ccc(NC(=O)OCCN(CC)CC)cc3)C(=O)SC2)ccc1OC. The van der Waals surface area contributed by atoms with Crippen LogP contribution >= 0.6 is 11.8 Å². The third-order valence-electron chi connectivity index (χ3n) is 5.65.